The van der Waals surface area contributed by atoms with E-state index in [9.17, 15) is 4.79 Å². The number of rotatable bonds is 3. The number of carbonyl (C=O) groups excluding carboxylic acids is 1. The summed E-state index contributed by atoms with van der Waals surface area (Å²) in [4.78, 5) is 20.2. The molecule has 2 saturated heterocycles. The summed E-state index contributed by atoms with van der Waals surface area (Å²) < 4.78 is 0. The molecule has 2 heterocycles. The normalized spacial score (nSPS) is 25.1. The second-order valence-corrected chi connectivity index (χ2v) is 8.55. The lowest BCUT2D eigenvalue weighted by Crippen LogP contribution is -2.49. The fourth-order valence-electron chi connectivity index (χ4n) is 4.84. The Hall–Kier alpha value is -1.39. The Kier molecular flexibility index (Phi) is 5.60. The van der Waals surface area contributed by atoms with Gasteiger partial charge < -0.3 is 14.7 Å². The summed E-state index contributed by atoms with van der Waals surface area (Å²) in [6.07, 6.45) is 7.29. The molecular weight excluding hydrogens is 322 g/mol. The van der Waals surface area contributed by atoms with Crippen LogP contribution in [0.15, 0.2) is 18.2 Å². The Morgan fingerprint density at radius 3 is 2.58 bits per heavy atom. The van der Waals surface area contributed by atoms with Gasteiger partial charge in [-0.1, -0.05) is 6.07 Å². The van der Waals surface area contributed by atoms with E-state index in [1.165, 1.54) is 63.0 Å². The van der Waals surface area contributed by atoms with E-state index >= 15 is 0 Å². The van der Waals surface area contributed by atoms with Crippen molar-refractivity contribution in [1.82, 2.24) is 14.7 Å². The third-order valence-corrected chi connectivity index (χ3v) is 6.51. The molecule has 0 spiro atoms. The average molecular weight is 356 g/mol. The molecule has 2 fully saturated rings. The van der Waals surface area contributed by atoms with E-state index in [1.54, 1.807) is 0 Å². The van der Waals surface area contributed by atoms with Crippen molar-refractivity contribution < 1.29 is 4.79 Å². The maximum absolute atomic E-state index is 13.1. The number of carbonyl (C=O) groups is 1. The van der Waals surface area contributed by atoms with E-state index in [0.717, 1.165) is 38.0 Å². The van der Waals surface area contributed by atoms with Crippen LogP contribution in [-0.2, 0) is 12.8 Å². The molecule has 1 aromatic carbocycles. The monoisotopic (exact) mass is 355 g/mol. The van der Waals surface area contributed by atoms with E-state index in [2.05, 4.69) is 39.9 Å². The number of likely N-dealkylation sites (N-methyl/N-ethyl adjacent to an activating group) is 1. The summed E-state index contributed by atoms with van der Waals surface area (Å²) in [6, 6.07) is 6.45. The quantitative estimate of drug-likeness (QED) is 0.834. The highest BCUT2D eigenvalue weighted by Gasteiger charge is 2.27. The second-order valence-electron chi connectivity index (χ2n) is 8.55. The number of hydrogen-bond donors (Lipinski definition) is 0. The number of benzene rings is 1. The summed E-state index contributed by atoms with van der Waals surface area (Å²) >= 11 is 0. The maximum Gasteiger partial charge on any atom is 0.253 e. The van der Waals surface area contributed by atoms with Gasteiger partial charge in [-0.25, -0.2) is 0 Å². The van der Waals surface area contributed by atoms with Crippen molar-refractivity contribution in [2.45, 2.75) is 38.5 Å². The molecule has 0 saturated carbocycles. The van der Waals surface area contributed by atoms with E-state index < -0.39 is 0 Å². The van der Waals surface area contributed by atoms with Crippen LogP contribution in [0.2, 0.25) is 0 Å². The first-order valence-electron chi connectivity index (χ1n) is 10.5. The zero-order valence-electron chi connectivity index (χ0n) is 16.3. The highest BCUT2D eigenvalue weighted by molar-refractivity contribution is 5.94. The standard InChI is InChI=1S/C22H33N3O/c1-23-11-13-24(14-12-23)16-18-5-4-10-25(17-18)22(26)21-9-8-19-6-2-3-7-20(19)15-21/h8-9,15,18H,2-7,10-14,16-17H2,1H3/t18-/m1/s1. The largest absolute Gasteiger partial charge is 0.338 e. The Labute approximate surface area is 158 Å². The van der Waals surface area contributed by atoms with Gasteiger partial charge in [-0.05, 0) is 74.8 Å². The predicted molar refractivity (Wildman–Crippen MR) is 106 cm³/mol. The van der Waals surface area contributed by atoms with E-state index in [0.29, 0.717) is 5.92 Å². The summed E-state index contributed by atoms with van der Waals surface area (Å²) in [5.41, 5.74) is 3.78. The minimum atomic E-state index is 0.251. The lowest BCUT2D eigenvalue weighted by atomic mass is 9.90. The average Bonchev–Trinajstić information content (AvgIpc) is 2.69. The fraction of sp³-hybridized carbons (Fsp3) is 0.682. The third-order valence-electron chi connectivity index (χ3n) is 6.51. The molecule has 0 bridgehead atoms. The van der Waals surface area contributed by atoms with Crippen LogP contribution in [-0.4, -0.2) is 73.5 Å². The maximum atomic E-state index is 13.1. The topological polar surface area (TPSA) is 26.8 Å². The van der Waals surface area contributed by atoms with Crippen LogP contribution < -0.4 is 0 Å². The lowest BCUT2D eigenvalue weighted by molar-refractivity contribution is 0.0609. The molecule has 4 heteroatoms. The van der Waals surface area contributed by atoms with Crippen LogP contribution in [0.1, 0.15) is 47.2 Å². The molecule has 26 heavy (non-hydrogen) atoms. The molecule has 0 radical (unpaired) electrons. The van der Waals surface area contributed by atoms with Gasteiger partial charge >= 0.3 is 0 Å². The molecule has 1 amide bonds. The predicted octanol–water partition coefficient (Wildman–Crippen LogP) is 2.67. The minimum absolute atomic E-state index is 0.251. The molecule has 0 N–H and O–H groups in total. The number of amides is 1. The highest BCUT2D eigenvalue weighted by Crippen LogP contribution is 2.25. The molecule has 1 aromatic rings. The highest BCUT2D eigenvalue weighted by atomic mass is 16.2. The molecule has 4 nitrogen and oxygen atoms in total. The third kappa shape index (κ3) is 4.12. The van der Waals surface area contributed by atoms with Crippen LogP contribution in [0.5, 0.6) is 0 Å². The number of piperazine rings is 1. The smallest absolute Gasteiger partial charge is 0.253 e. The van der Waals surface area contributed by atoms with Gasteiger partial charge in [0.1, 0.15) is 0 Å². The van der Waals surface area contributed by atoms with Gasteiger partial charge in [0, 0.05) is 51.4 Å². The van der Waals surface area contributed by atoms with Gasteiger partial charge in [0.2, 0.25) is 0 Å². The SMILES string of the molecule is CN1CCN(C[C@H]2CCCN(C(=O)c3ccc4c(c3)CCCC4)C2)CC1. The number of hydrogen-bond acceptors (Lipinski definition) is 3. The van der Waals surface area contributed by atoms with E-state index in [4.69, 9.17) is 0 Å². The van der Waals surface area contributed by atoms with Crippen LogP contribution >= 0.6 is 0 Å². The molecule has 142 valence electrons. The number of fused-ring (bicyclic) bond motifs is 1. The molecule has 1 aliphatic carbocycles. The van der Waals surface area contributed by atoms with Crippen molar-refractivity contribution in [3.05, 3.63) is 34.9 Å². The Balaban J connectivity index is 1.37. The number of piperidine rings is 1. The number of aryl methyl sites for hydroxylation is 2. The first-order valence-corrected chi connectivity index (χ1v) is 10.5. The Morgan fingerprint density at radius 1 is 1.00 bits per heavy atom. The first kappa shape index (κ1) is 18.0. The van der Waals surface area contributed by atoms with Crippen LogP contribution in [0.4, 0.5) is 0 Å². The van der Waals surface area contributed by atoms with Crippen molar-refractivity contribution in [3.8, 4) is 0 Å². The van der Waals surface area contributed by atoms with Crippen molar-refractivity contribution in [2.75, 3.05) is 52.9 Å². The number of nitrogens with zero attached hydrogens (tertiary/aromatic N) is 3. The summed E-state index contributed by atoms with van der Waals surface area (Å²) in [7, 11) is 2.21. The fourth-order valence-corrected chi connectivity index (χ4v) is 4.84. The molecular formula is C22H33N3O. The zero-order valence-corrected chi connectivity index (χ0v) is 16.3. The van der Waals surface area contributed by atoms with Crippen molar-refractivity contribution in [2.24, 2.45) is 5.92 Å². The lowest BCUT2D eigenvalue weighted by Gasteiger charge is -2.38. The van der Waals surface area contributed by atoms with Crippen LogP contribution in [0, 0.1) is 5.92 Å². The molecule has 3 aliphatic rings. The summed E-state index contributed by atoms with van der Waals surface area (Å²) in [5.74, 6) is 0.884. The summed E-state index contributed by atoms with van der Waals surface area (Å²) in [6.45, 7) is 7.70. The number of likely N-dealkylation sites (tertiary alicyclic amines) is 1. The second kappa shape index (κ2) is 8.10. The first-order chi connectivity index (χ1) is 12.7. The molecule has 0 unspecified atom stereocenters. The van der Waals surface area contributed by atoms with Gasteiger partial charge in [-0.3, -0.25) is 4.79 Å². The molecule has 2 aliphatic heterocycles. The Morgan fingerprint density at radius 2 is 1.77 bits per heavy atom. The van der Waals surface area contributed by atoms with Gasteiger partial charge in [0.15, 0.2) is 0 Å². The van der Waals surface area contributed by atoms with Crippen LogP contribution in [0.25, 0.3) is 0 Å². The minimum Gasteiger partial charge on any atom is -0.338 e. The van der Waals surface area contributed by atoms with Crippen molar-refractivity contribution in [3.63, 3.8) is 0 Å². The van der Waals surface area contributed by atoms with E-state index in [1.807, 2.05) is 0 Å². The molecule has 4 rings (SSSR count). The van der Waals surface area contributed by atoms with Gasteiger partial charge in [0.25, 0.3) is 5.91 Å². The zero-order chi connectivity index (χ0) is 17.9. The molecule has 1 atom stereocenters. The molecule has 0 aromatic heterocycles. The summed E-state index contributed by atoms with van der Waals surface area (Å²) in [5, 5.41) is 0. The van der Waals surface area contributed by atoms with Crippen molar-refractivity contribution >= 4 is 5.91 Å². The van der Waals surface area contributed by atoms with Gasteiger partial charge in [-0.2, -0.15) is 0 Å². The van der Waals surface area contributed by atoms with Crippen molar-refractivity contribution in [1.29, 1.82) is 0 Å². The van der Waals surface area contributed by atoms with Crippen LogP contribution in [0.3, 0.4) is 0 Å². The van der Waals surface area contributed by atoms with E-state index in [-0.39, 0.29) is 5.91 Å². The van der Waals surface area contributed by atoms with Gasteiger partial charge in [0.05, 0.1) is 0 Å². The van der Waals surface area contributed by atoms with Gasteiger partial charge in [-0.15, -0.1) is 0 Å². The Bertz CT molecular complexity index is 636.